The lowest BCUT2D eigenvalue weighted by Gasteiger charge is -2.12. The van der Waals surface area contributed by atoms with Gasteiger partial charge in [-0.05, 0) is 6.92 Å². The molecule has 0 fully saturated rings. The van der Waals surface area contributed by atoms with E-state index in [0.29, 0.717) is 11.5 Å². The van der Waals surface area contributed by atoms with E-state index in [0.717, 1.165) is 4.73 Å². The molecule has 0 spiro atoms. The van der Waals surface area contributed by atoms with Crippen molar-refractivity contribution in [3.8, 4) is 0 Å². The molecule has 0 saturated carbocycles. The minimum Gasteiger partial charge on any atom is -0.425 e. The predicted octanol–water partition coefficient (Wildman–Crippen LogP) is -0.0257. The maximum absolute atomic E-state index is 9.16. The van der Waals surface area contributed by atoms with Crippen LogP contribution in [0, 0.1) is 12.3 Å². The van der Waals surface area contributed by atoms with Crippen molar-refractivity contribution in [3.05, 3.63) is 17.4 Å². The molecule has 1 rings (SSSR count). The normalized spacial score (nSPS) is 9.92. The van der Waals surface area contributed by atoms with E-state index in [1.165, 1.54) is 0 Å². The lowest BCUT2D eigenvalue weighted by molar-refractivity contribution is 0.158. The molecule has 0 aromatic carbocycles. The Hall–Kier alpha value is -1.52. The average Bonchev–Trinajstić information content (AvgIpc) is 1.99. The summed E-state index contributed by atoms with van der Waals surface area (Å²) < 4.78 is 0.743. The summed E-state index contributed by atoms with van der Waals surface area (Å²) in [5, 5.41) is 16.4. The van der Waals surface area contributed by atoms with Gasteiger partial charge in [-0.2, -0.15) is 9.71 Å². The molecule has 0 unspecified atom stereocenters. The summed E-state index contributed by atoms with van der Waals surface area (Å²) >= 11 is 0. The first-order chi connectivity index (χ1) is 5.52. The highest BCUT2D eigenvalue weighted by atomic mass is 16.5. The number of anilines is 1. The van der Waals surface area contributed by atoms with Crippen LogP contribution in [0.1, 0.15) is 5.69 Å². The lowest BCUT2D eigenvalue weighted by Crippen LogP contribution is -2.26. The summed E-state index contributed by atoms with van der Waals surface area (Å²) in [7, 11) is 3.67. The molecule has 0 bridgehead atoms. The second-order valence-electron chi connectivity index (χ2n) is 2.79. The zero-order valence-electron chi connectivity index (χ0n) is 7.37. The highest BCUT2D eigenvalue weighted by Crippen LogP contribution is 2.04. The molecular formula is C7H12N4O. The quantitative estimate of drug-likeness (QED) is 0.579. The van der Waals surface area contributed by atoms with E-state index in [-0.39, 0.29) is 5.62 Å². The van der Waals surface area contributed by atoms with Crippen molar-refractivity contribution in [1.29, 1.82) is 5.41 Å². The first kappa shape index (κ1) is 8.58. The molecule has 1 heterocycles. The SMILES string of the molecule is Cc1cc(N(C)C)nc(=N)n1O. The molecule has 12 heavy (non-hydrogen) atoms. The Balaban J connectivity index is 3.31. The standard InChI is InChI=1S/C7H12N4O/c1-5-4-6(10(2)3)9-7(8)11(5)12/h4,8,12H,1-3H3. The van der Waals surface area contributed by atoms with Gasteiger partial charge < -0.3 is 10.1 Å². The second-order valence-corrected chi connectivity index (χ2v) is 2.79. The van der Waals surface area contributed by atoms with Gasteiger partial charge in [-0.1, -0.05) is 0 Å². The van der Waals surface area contributed by atoms with Crippen LogP contribution in [0.3, 0.4) is 0 Å². The van der Waals surface area contributed by atoms with Crippen molar-refractivity contribution in [1.82, 2.24) is 9.71 Å². The van der Waals surface area contributed by atoms with Gasteiger partial charge in [0, 0.05) is 20.2 Å². The summed E-state index contributed by atoms with van der Waals surface area (Å²) in [6.45, 7) is 1.72. The van der Waals surface area contributed by atoms with Crippen LogP contribution in [-0.2, 0) is 0 Å². The minimum absolute atomic E-state index is 0.154. The van der Waals surface area contributed by atoms with Crippen LogP contribution in [0.5, 0.6) is 0 Å². The van der Waals surface area contributed by atoms with Gasteiger partial charge in [0.1, 0.15) is 5.82 Å². The molecule has 5 nitrogen and oxygen atoms in total. The number of aryl methyl sites for hydroxylation is 1. The van der Waals surface area contributed by atoms with E-state index in [9.17, 15) is 0 Å². The Kier molecular flexibility index (Phi) is 2.03. The van der Waals surface area contributed by atoms with Gasteiger partial charge in [-0.3, -0.25) is 5.41 Å². The van der Waals surface area contributed by atoms with E-state index in [1.54, 1.807) is 17.9 Å². The van der Waals surface area contributed by atoms with Gasteiger partial charge >= 0.3 is 0 Å². The Labute approximate surface area is 70.4 Å². The van der Waals surface area contributed by atoms with Gasteiger partial charge in [0.15, 0.2) is 0 Å². The molecular weight excluding hydrogens is 156 g/mol. The van der Waals surface area contributed by atoms with E-state index < -0.39 is 0 Å². The van der Waals surface area contributed by atoms with Crippen LogP contribution in [0.4, 0.5) is 5.82 Å². The second kappa shape index (κ2) is 2.84. The molecule has 66 valence electrons. The van der Waals surface area contributed by atoms with Crippen LogP contribution < -0.4 is 10.5 Å². The van der Waals surface area contributed by atoms with Gasteiger partial charge in [-0.15, -0.1) is 0 Å². The molecule has 0 aliphatic heterocycles. The van der Waals surface area contributed by atoms with Crippen molar-refractivity contribution < 1.29 is 5.21 Å². The third-order valence-electron chi connectivity index (χ3n) is 1.55. The number of hydrogen-bond donors (Lipinski definition) is 2. The van der Waals surface area contributed by atoms with Gasteiger partial charge in [0.25, 0.3) is 5.62 Å². The zero-order valence-corrected chi connectivity index (χ0v) is 7.37. The molecule has 0 aliphatic rings. The van der Waals surface area contributed by atoms with Crippen molar-refractivity contribution in [2.45, 2.75) is 6.92 Å². The van der Waals surface area contributed by atoms with Crippen molar-refractivity contribution in [3.63, 3.8) is 0 Å². The molecule has 0 aliphatic carbocycles. The molecule has 2 N–H and O–H groups in total. The minimum atomic E-state index is -0.154. The van der Waals surface area contributed by atoms with E-state index in [2.05, 4.69) is 4.98 Å². The monoisotopic (exact) mass is 168 g/mol. The Morgan fingerprint density at radius 1 is 1.58 bits per heavy atom. The van der Waals surface area contributed by atoms with Crippen molar-refractivity contribution >= 4 is 5.82 Å². The smallest absolute Gasteiger partial charge is 0.257 e. The van der Waals surface area contributed by atoms with Gasteiger partial charge in [0.2, 0.25) is 0 Å². The summed E-state index contributed by atoms with van der Waals surface area (Å²) in [5.41, 5.74) is 0.442. The van der Waals surface area contributed by atoms with Crippen molar-refractivity contribution in [2.24, 2.45) is 0 Å². The maximum Gasteiger partial charge on any atom is 0.257 e. The summed E-state index contributed by atoms with van der Waals surface area (Å²) in [6.07, 6.45) is 0. The Bertz CT molecular complexity index is 342. The molecule has 1 aromatic heterocycles. The van der Waals surface area contributed by atoms with Crippen LogP contribution in [0.25, 0.3) is 0 Å². The molecule has 0 saturated heterocycles. The number of nitrogens with zero attached hydrogens (tertiary/aromatic N) is 3. The van der Waals surface area contributed by atoms with E-state index in [1.807, 2.05) is 14.1 Å². The number of nitrogens with one attached hydrogen (secondary N) is 1. The topological polar surface area (TPSA) is 65.1 Å². The van der Waals surface area contributed by atoms with Crippen LogP contribution in [-0.4, -0.2) is 29.0 Å². The van der Waals surface area contributed by atoms with Gasteiger partial charge in [-0.25, -0.2) is 0 Å². The Morgan fingerprint density at radius 2 is 2.17 bits per heavy atom. The third-order valence-corrected chi connectivity index (χ3v) is 1.55. The van der Waals surface area contributed by atoms with Crippen molar-refractivity contribution in [2.75, 3.05) is 19.0 Å². The third kappa shape index (κ3) is 1.39. The van der Waals surface area contributed by atoms with Crippen LogP contribution in [0.2, 0.25) is 0 Å². The molecule has 0 radical (unpaired) electrons. The zero-order chi connectivity index (χ0) is 9.30. The molecule has 0 atom stereocenters. The number of aromatic nitrogens is 2. The average molecular weight is 168 g/mol. The number of rotatable bonds is 1. The van der Waals surface area contributed by atoms with E-state index in [4.69, 9.17) is 10.6 Å². The molecule has 5 heteroatoms. The van der Waals surface area contributed by atoms with Crippen LogP contribution >= 0.6 is 0 Å². The fourth-order valence-corrected chi connectivity index (χ4v) is 0.832. The fraction of sp³-hybridized carbons (Fsp3) is 0.429. The largest absolute Gasteiger partial charge is 0.425 e. The van der Waals surface area contributed by atoms with Crippen LogP contribution in [0.15, 0.2) is 6.07 Å². The van der Waals surface area contributed by atoms with Gasteiger partial charge in [0.05, 0.1) is 5.69 Å². The summed E-state index contributed by atoms with van der Waals surface area (Å²) in [4.78, 5) is 5.62. The molecule has 0 amide bonds. The summed E-state index contributed by atoms with van der Waals surface area (Å²) in [5.74, 6) is 0.669. The maximum atomic E-state index is 9.16. The first-order valence-electron chi connectivity index (χ1n) is 3.54. The fourth-order valence-electron chi connectivity index (χ4n) is 0.832. The Morgan fingerprint density at radius 3 is 2.58 bits per heavy atom. The molecule has 1 aromatic rings. The van der Waals surface area contributed by atoms with E-state index >= 15 is 0 Å². The predicted molar refractivity (Wildman–Crippen MR) is 44.3 cm³/mol. The summed E-state index contributed by atoms with van der Waals surface area (Å²) in [6, 6.07) is 1.71. The first-order valence-corrected chi connectivity index (χ1v) is 3.54. The highest BCUT2D eigenvalue weighted by molar-refractivity contribution is 5.36. The number of hydrogen-bond acceptors (Lipinski definition) is 4. The lowest BCUT2D eigenvalue weighted by atomic mass is 10.4. The highest BCUT2D eigenvalue weighted by Gasteiger charge is 2.01.